The quantitative estimate of drug-likeness (QED) is 0.727. The third kappa shape index (κ3) is 2.07. The van der Waals surface area contributed by atoms with Crippen LogP contribution in [0.3, 0.4) is 0 Å². The second kappa shape index (κ2) is 3.96. The van der Waals surface area contributed by atoms with E-state index in [2.05, 4.69) is 4.98 Å². The van der Waals surface area contributed by atoms with Gasteiger partial charge in [-0.05, 0) is 13.0 Å². The molecule has 0 amide bonds. The van der Waals surface area contributed by atoms with Crippen LogP contribution in [-0.2, 0) is 15.3 Å². The zero-order chi connectivity index (χ0) is 10.9. The molecule has 0 spiro atoms. The number of hydrogen-bond donors (Lipinski definition) is 0. The van der Waals surface area contributed by atoms with E-state index in [0.717, 1.165) is 5.56 Å². The predicted molar refractivity (Wildman–Crippen MR) is 55.1 cm³/mol. The van der Waals surface area contributed by atoms with Crippen LogP contribution in [0.2, 0.25) is 5.15 Å². The summed E-state index contributed by atoms with van der Waals surface area (Å²) in [6.07, 6.45) is 0. The summed E-state index contributed by atoms with van der Waals surface area (Å²) in [5, 5.41) is 0.365. The molecule has 0 unspecified atom stereocenters. The van der Waals surface area contributed by atoms with Crippen LogP contribution in [0.4, 0.5) is 0 Å². The second-order valence-electron chi connectivity index (χ2n) is 3.36. The first-order valence-electron chi connectivity index (χ1n) is 4.64. The molecule has 0 saturated carbocycles. The van der Waals surface area contributed by atoms with Crippen molar-refractivity contribution in [2.75, 3.05) is 20.3 Å². The first-order chi connectivity index (χ1) is 7.14. The summed E-state index contributed by atoms with van der Waals surface area (Å²) in [4.78, 5) is 3.99. The number of ether oxygens (including phenoxy) is 3. The molecule has 0 aromatic carbocycles. The zero-order valence-corrected chi connectivity index (χ0v) is 9.37. The Morgan fingerprint density at radius 1 is 1.40 bits per heavy atom. The predicted octanol–water partition coefficient (Wildman–Crippen LogP) is 1.96. The molecule has 1 saturated heterocycles. The van der Waals surface area contributed by atoms with Gasteiger partial charge < -0.3 is 14.2 Å². The van der Waals surface area contributed by atoms with Crippen molar-refractivity contribution in [3.63, 3.8) is 0 Å². The first-order valence-corrected chi connectivity index (χ1v) is 5.02. The van der Waals surface area contributed by atoms with E-state index in [4.69, 9.17) is 25.8 Å². The fraction of sp³-hybridized carbons (Fsp3) is 0.500. The van der Waals surface area contributed by atoms with Crippen molar-refractivity contribution in [3.8, 4) is 5.88 Å². The highest BCUT2D eigenvalue weighted by molar-refractivity contribution is 6.29. The number of nitrogens with zero attached hydrogens (tertiary/aromatic N) is 1. The average Bonchev–Trinajstić information content (AvgIpc) is 2.65. The molecule has 2 rings (SSSR count). The maximum Gasteiger partial charge on any atom is 0.214 e. The van der Waals surface area contributed by atoms with E-state index >= 15 is 0 Å². The van der Waals surface area contributed by atoms with Crippen LogP contribution in [0.5, 0.6) is 5.88 Å². The van der Waals surface area contributed by atoms with Gasteiger partial charge in [0.25, 0.3) is 0 Å². The number of aromatic nitrogens is 1. The minimum absolute atomic E-state index is 0.365. The topological polar surface area (TPSA) is 40.6 Å². The van der Waals surface area contributed by atoms with Gasteiger partial charge in [0.2, 0.25) is 5.88 Å². The van der Waals surface area contributed by atoms with Crippen molar-refractivity contribution < 1.29 is 14.2 Å². The Balaban J connectivity index is 2.38. The number of hydrogen-bond acceptors (Lipinski definition) is 4. The molecule has 4 nitrogen and oxygen atoms in total. The molecular formula is C10H12ClNO3. The maximum atomic E-state index is 5.87. The molecule has 0 radical (unpaired) electrons. The molecular weight excluding hydrogens is 218 g/mol. The summed E-state index contributed by atoms with van der Waals surface area (Å²) < 4.78 is 16.1. The van der Waals surface area contributed by atoms with Gasteiger partial charge in [-0.1, -0.05) is 11.6 Å². The maximum absolute atomic E-state index is 5.87. The zero-order valence-electron chi connectivity index (χ0n) is 8.62. The summed E-state index contributed by atoms with van der Waals surface area (Å²) in [6.45, 7) is 3.02. The molecule has 1 aliphatic heterocycles. The standard InChI is InChI=1S/C10H12ClNO3/c1-10(14-3-4-15-10)7-5-8(11)12-9(6-7)13-2/h5-6H,3-4H2,1-2H3. The molecule has 5 heteroatoms. The Labute approximate surface area is 93.1 Å². The molecule has 2 heterocycles. The van der Waals surface area contributed by atoms with Crippen molar-refractivity contribution in [1.29, 1.82) is 0 Å². The highest BCUT2D eigenvalue weighted by atomic mass is 35.5. The third-order valence-corrected chi connectivity index (χ3v) is 2.54. The van der Waals surface area contributed by atoms with Crippen molar-refractivity contribution in [2.24, 2.45) is 0 Å². The highest BCUT2D eigenvalue weighted by Crippen LogP contribution is 2.33. The van der Waals surface area contributed by atoms with E-state index in [9.17, 15) is 0 Å². The van der Waals surface area contributed by atoms with Crippen molar-refractivity contribution in [1.82, 2.24) is 4.98 Å². The molecule has 0 aliphatic carbocycles. The van der Waals surface area contributed by atoms with Crippen LogP contribution in [0, 0.1) is 0 Å². The summed E-state index contributed by atoms with van der Waals surface area (Å²) in [7, 11) is 1.54. The highest BCUT2D eigenvalue weighted by Gasteiger charge is 2.34. The number of methoxy groups -OCH3 is 1. The fourth-order valence-corrected chi connectivity index (χ4v) is 1.72. The third-order valence-electron chi connectivity index (χ3n) is 2.34. The summed E-state index contributed by atoms with van der Waals surface area (Å²) >= 11 is 5.87. The molecule has 82 valence electrons. The fourth-order valence-electron chi connectivity index (χ4n) is 1.52. The Bertz CT molecular complexity index is 364. The van der Waals surface area contributed by atoms with Crippen LogP contribution in [-0.4, -0.2) is 25.3 Å². The van der Waals surface area contributed by atoms with Crippen LogP contribution < -0.4 is 4.74 Å². The minimum Gasteiger partial charge on any atom is -0.481 e. The van der Waals surface area contributed by atoms with Crippen molar-refractivity contribution >= 4 is 11.6 Å². The van der Waals surface area contributed by atoms with E-state index < -0.39 is 5.79 Å². The van der Waals surface area contributed by atoms with E-state index in [0.29, 0.717) is 24.2 Å². The van der Waals surface area contributed by atoms with Crippen LogP contribution in [0.25, 0.3) is 0 Å². The second-order valence-corrected chi connectivity index (χ2v) is 3.75. The lowest BCUT2D eigenvalue weighted by Gasteiger charge is -2.22. The van der Waals surface area contributed by atoms with Crippen molar-refractivity contribution in [3.05, 3.63) is 22.8 Å². The van der Waals surface area contributed by atoms with Crippen LogP contribution >= 0.6 is 11.6 Å². The first kappa shape index (κ1) is 10.7. The molecule has 1 fully saturated rings. The Kier molecular flexibility index (Phi) is 2.82. The van der Waals surface area contributed by atoms with Gasteiger partial charge >= 0.3 is 0 Å². The lowest BCUT2D eigenvalue weighted by Crippen LogP contribution is -2.22. The van der Waals surface area contributed by atoms with Gasteiger partial charge in [0.15, 0.2) is 5.79 Å². The van der Waals surface area contributed by atoms with Crippen molar-refractivity contribution in [2.45, 2.75) is 12.7 Å². The molecule has 0 N–H and O–H groups in total. The van der Waals surface area contributed by atoms with Gasteiger partial charge in [-0.25, -0.2) is 4.98 Å². The Morgan fingerprint density at radius 2 is 2.07 bits per heavy atom. The smallest absolute Gasteiger partial charge is 0.214 e. The van der Waals surface area contributed by atoms with E-state index in [-0.39, 0.29) is 0 Å². The summed E-state index contributed by atoms with van der Waals surface area (Å²) in [5.74, 6) is -0.280. The van der Waals surface area contributed by atoms with E-state index in [1.165, 1.54) is 0 Å². The molecule has 1 aliphatic rings. The molecule has 1 aromatic heterocycles. The van der Waals surface area contributed by atoms with E-state index in [1.54, 1.807) is 19.2 Å². The Hall–Kier alpha value is -0.840. The molecule has 1 aromatic rings. The molecule has 0 bridgehead atoms. The van der Waals surface area contributed by atoms with Gasteiger partial charge in [-0.3, -0.25) is 0 Å². The lowest BCUT2D eigenvalue weighted by atomic mass is 10.1. The monoisotopic (exact) mass is 229 g/mol. The number of rotatable bonds is 2. The van der Waals surface area contributed by atoms with Gasteiger partial charge in [0, 0.05) is 11.6 Å². The molecule has 15 heavy (non-hydrogen) atoms. The number of pyridine rings is 1. The summed E-state index contributed by atoms with van der Waals surface area (Å²) in [6, 6.07) is 3.48. The number of halogens is 1. The minimum atomic E-state index is -0.736. The van der Waals surface area contributed by atoms with Gasteiger partial charge in [0.05, 0.1) is 20.3 Å². The van der Waals surface area contributed by atoms with Crippen LogP contribution in [0.1, 0.15) is 12.5 Å². The largest absolute Gasteiger partial charge is 0.481 e. The van der Waals surface area contributed by atoms with E-state index in [1.807, 2.05) is 6.92 Å². The molecule has 0 atom stereocenters. The van der Waals surface area contributed by atoms with Gasteiger partial charge in [-0.15, -0.1) is 0 Å². The lowest BCUT2D eigenvalue weighted by molar-refractivity contribution is -0.149. The van der Waals surface area contributed by atoms with Gasteiger partial charge in [0.1, 0.15) is 5.15 Å². The summed E-state index contributed by atoms with van der Waals surface area (Å²) in [5.41, 5.74) is 0.817. The average molecular weight is 230 g/mol. The van der Waals surface area contributed by atoms with Crippen LogP contribution in [0.15, 0.2) is 12.1 Å². The van der Waals surface area contributed by atoms with Gasteiger partial charge in [-0.2, -0.15) is 0 Å². The normalized spacial score (nSPS) is 19.1. The Morgan fingerprint density at radius 3 is 2.67 bits per heavy atom. The SMILES string of the molecule is COc1cc(C2(C)OCCO2)cc(Cl)n1.